The van der Waals surface area contributed by atoms with E-state index in [9.17, 15) is 0 Å². The maximum Gasteiger partial charge on any atom is 0.119 e. The number of nitrogens with one attached hydrogen (secondary N) is 1. The fraction of sp³-hybridized carbons (Fsp3) is 0.368. The summed E-state index contributed by atoms with van der Waals surface area (Å²) in [5.74, 6) is 1.86. The molecular weight excluding hydrogens is 274 g/mol. The quantitative estimate of drug-likeness (QED) is 0.711. The van der Waals surface area contributed by atoms with Gasteiger partial charge in [0.15, 0.2) is 0 Å². The molecule has 3 nitrogen and oxygen atoms in total. The highest BCUT2D eigenvalue weighted by Crippen LogP contribution is 2.12. The first-order chi connectivity index (χ1) is 10.8. The van der Waals surface area contributed by atoms with E-state index in [1.807, 2.05) is 24.3 Å². The molecule has 0 heterocycles. The number of hydrogen-bond acceptors (Lipinski definition) is 3. The molecule has 0 unspecified atom stereocenters. The van der Waals surface area contributed by atoms with Crippen LogP contribution in [0.1, 0.15) is 24.0 Å². The van der Waals surface area contributed by atoms with Crippen LogP contribution in [0.5, 0.6) is 11.5 Å². The Morgan fingerprint density at radius 2 is 1.55 bits per heavy atom. The number of methoxy groups -OCH3 is 1. The standard InChI is InChI=1S/C19H25NO2/c1-16-5-9-19(10-6-16)22-14-4-3-13-20-15-17-7-11-18(21-2)12-8-17/h5-12,20H,3-4,13-15H2,1-2H3. The van der Waals surface area contributed by atoms with Gasteiger partial charge in [-0.15, -0.1) is 0 Å². The van der Waals surface area contributed by atoms with Crippen LogP contribution in [0.15, 0.2) is 48.5 Å². The summed E-state index contributed by atoms with van der Waals surface area (Å²) in [4.78, 5) is 0. The van der Waals surface area contributed by atoms with E-state index in [1.54, 1.807) is 7.11 Å². The Hall–Kier alpha value is -2.00. The van der Waals surface area contributed by atoms with Gasteiger partial charge in [0.2, 0.25) is 0 Å². The van der Waals surface area contributed by atoms with E-state index in [0.717, 1.165) is 44.0 Å². The maximum atomic E-state index is 5.71. The summed E-state index contributed by atoms with van der Waals surface area (Å²) in [6.45, 7) is 4.75. The van der Waals surface area contributed by atoms with Gasteiger partial charge in [0.1, 0.15) is 11.5 Å². The Labute approximate surface area is 133 Å². The predicted molar refractivity (Wildman–Crippen MR) is 90.6 cm³/mol. The lowest BCUT2D eigenvalue weighted by Gasteiger charge is -2.08. The van der Waals surface area contributed by atoms with Gasteiger partial charge in [0, 0.05) is 6.54 Å². The van der Waals surface area contributed by atoms with E-state index in [-0.39, 0.29) is 0 Å². The molecule has 2 aromatic carbocycles. The molecule has 0 aliphatic rings. The second-order valence-electron chi connectivity index (χ2n) is 5.39. The van der Waals surface area contributed by atoms with Crippen LogP contribution in [0.3, 0.4) is 0 Å². The SMILES string of the molecule is COc1ccc(CNCCCCOc2ccc(C)cc2)cc1. The molecule has 0 atom stereocenters. The van der Waals surface area contributed by atoms with Crippen molar-refractivity contribution in [3.63, 3.8) is 0 Å². The Bertz CT molecular complexity index is 534. The second kappa shape index (κ2) is 9.11. The zero-order valence-electron chi connectivity index (χ0n) is 13.5. The Morgan fingerprint density at radius 1 is 0.864 bits per heavy atom. The van der Waals surface area contributed by atoms with Crippen LogP contribution in [0.4, 0.5) is 0 Å². The number of benzene rings is 2. The zero-order chi connectivity index (χ0) is 15.6. The number of hydrogen-bond donors (Lipinski definition) is 1. The van der Waals surface area contributed by atoms with Crippen molar-refractivity contribution >= 4 is 0 Å². The molecule has 0 aliphatic heterocycles. The maximum absolute atomic E-state index is 5.71. The third-order valence-electron chi connectivity index (χ3n) is 3.53. The summed E-state index contributed by atoms with van der Waals surface area (Å²) in [5, 5.41) is 3.45. The molecule has 0 bridgehead atoms. The van der Waals surface area contributed by atoms with Crippen molar-refractivity contribution in [3.05, 3.63) is 59.7 Å². The molecule has 0 spiro atoms. The summed E-state index contributed by atoms with van der Waals surface area (Å²) < 4.78 is 10.9. The van der Waals surface area contributed by atoms with Crippen LogP contribution in [0, 0.1) is 6.92 Å². The molecule has 118 valence electrons. The van der Waals surface area contributed by atoms with Gasteiger partial charge in [0.05, 0.1) is 13.7 Å². The molecule has 3 heteroatoms. The van der Waals surface area contributed by atoms with E-state index in [4.69, 9.17) is 9.47 Å². The summed E-state index contributed by atoms with van der Waals surface area (Å²) >= 11 is 0. The summed E-state index contributed by atoms with van der Waals surface area (Å²) in [5.41, 5.74) is 2.53. The van der Waals surface area contributed by atoms with Gasteiger partial charge in [-0.1, -0.05) is 29.8 Å². The van der Waals surface area contributed by atoms with Crippen LogP contribution in [0.2, 0.25) is 0 Å². The average molecular weight is 299 g/mol. The molecule has 22 heavy (non-hydrogen) atoms. The first-order valence-electron chi connectivity index (χ1n) is 7.81. The van der Waals surface area contributed by atoms with Crippen LogP contribution in [0.25, 0.3) is 0 Å². The molecule has 2 rings (SSSR count). The van der Waals surface area contributed by atoms with Gasteiger partial charge in [-0.2, -0.15) is 0 Å². The van der Waals surface area contributed by atoms with Gasteiger partial charge >= 0.3 is 0 Å². The topological polar surface area (TPSA) is 30.5 Å². The fourth-order valence-electron chi connectivity index (χ4n) is 2.15. The van der Waals surface area contributed by atoms with Crippen LogP contribution in [-0.2, 0) is 6.54 Å². The van der Waals surface area contributed by atoms with E-state index in [2.05, 4.69) is 36.5 Å². The number of ether oxygens (including phenoxy) is 2. The lowest BCUT2D eigenvalue weighted by Crippen LogP contribution is -2.15. The van der Waals surface area contributed by atoms with Crippen molar-refractivity contribution in [2.45, 2.75) is 26.3 Å². The van der Waals surface area contributed by atoms with Crippen molar-refractivity contribution in [3.8, 4) is 11.5 Å². The normalized spacial score (nSPS) is 10.5. The number of unbranched alkanes of at least 4 members (excludes halogenated alkanes) is 1. The third-order valence-corrected chi connectivity index (χ3v) is 3.53. The van der Waals surface area contributed by atoms with Crippen molar-refractivity contribution in [1.29, 1.82) is 0 Å². The van der Waals surface area contributed by atoms with Gasteiger partial charge in [-0.25, -0.2) is 0 Å². The average Bonchev–Trinajstić information content (AvgIpc) is 2.56. The highest BCUT2D eigenvalue weighted by molar-refractivity contribution is 5.27. The minimum Gasteiger partial charge on any atom is -0.497 e. The molecule has 0 saturated carbocycles. The number of rotatable bonds is 9. The van der Waals surface area contributed by atoms with E-state index in [0.29, 0.717) is 0 Å². The molecule has 0 radical (unpaired) electrons. The van der Waals surface area contributed by atoms with Crippen molar-refractivity contribution < 1.29 is 9.47 Å². The summed E-state index contributed by atoms with van der Waals surface area (Å²) in [6, 6.07) is 16.4. The molecular formula is C19H25NO2. The summed E-state index contributed by atoms with van der Waals surface area (Å²) in [6.07, 6.45) is 2.17. The van der Waals surface area contributed by atoms with Crippen molar-refractivity contribution in [2.75, 3.05) is 20.3 Å². The lowest BCUT2D eigenvalue weighted by molar-refractivity contribution is 0.305. The molecule has 0 aromatic heterocycles. The van der Waals surface area contributed by atoms with Crippen LogP contribution >= 0.6 is 0 Å². The number of aryl methyl sites for hydroxylation is 1. The van der Waals surface area contributed by atoms with Crippen LogP contribution < -0.4 is 14.8 Å². The monoisotopic (exact) mass is 299 g/mol. The van der Waals surface area contributed by atoms with Gasteiger partial charge in [-0.3, -0.25) is 0 Å². The van der Waals surface area contributed by atoms with E-state index < -0.39 is 0 Å². The van der Waals surface area contributed by atoms with Crippen LogP contribution in [-0.4, -0.2) is 20.3 Å². The predicted octanol–water partition coefficient (Wildman–Crippen LogP) is 3.95. The highest BCUT2D eigenvalue weighted by atomic mass is 16.5. The fourth-order valence-corrected chi connectivity index (χ4v) is 2.15. The summed E-state index contributed by atoms with van der Waals surface area (Å²) in [7, 11) is 1.69. The smallest absolute Gasteiger partial charge is 0.119 e. The highest BCUT2D eigenvalue weighted by Gasteiger charge is 1.96. The Balaban J connectivity index is 1.52. The van der Waals surface area contributed by atoms with E-state index >= 15 is 0 Å². The first kappa shape index (κ1) is 16.4. The molecule has 2 aromatic rings. The first-order valence-corrected chi connectivity index (χ1v) is 7.81. The molecule has 0 saturated heterocycles. The van der Waals surface area contributed by atoms with Gasteiger partial charge in [0.25, 0.3) is 0 Å². The van der Waals surface area contributed by atoms with Crippen molar-refractivity contribution in [2.24, 2.45) is 0 Å². The van der Waals surface area contributed by atoms with Crippen molar-refractivity contribution in [1.82, 2.24) is 5.32 Å². The Kier molecular flexibility index (Phi) is 6.78. The largest absolute Gasteiger partial charge is 0.497 e. The zero-order valence-corrected chi connectivity index (χ0v) is 13.5. The second-order valence-corrected chi connectivity index (χ2v) is 5.39. The van der Waals surface area contributed by atoms with Gasteiger partial charge < -0.3 is 14.8 Å². The lowest BCUT2D eigenvalue weighted by atomic mass is 10.2. The Morgan fingerprint density at radius 3 is 2.23 bits per heavy atom. The molecule has 0 amide bonds. The van der Waals surface area contributed by atoms with Gasteiger partial charge in [-0.05, 0) is 56.1 Å². The van der Waals surface area contributed by atoms with E-state index in [1.165, 1.54) is 11.1 Å². The molecule has 0 fully saturated rings. The minimum absolute atomic E-state index is 0.771. The minimum atomic E-state index is 0.771. The third kappa shape index (κ3) is 5.78. The molecule has 1 N–H and O–H groups in total. The molecule has 0 aliphatic carbocycles.